The Morgan fingerprint density at radius 2 is 1.68 bits per heavy atom. The van der Waals surface area contributed by atoms with E-state index in [4.69, 9.17) is 5.11 Å². The number of rotatable bonds is 3. The van der Waals surface area contributed by atoms with Gasteiger partial charge in [0.1, 0.15) is 11.5 Å². The van der Waals surface area contributed by atoms with E-state index in [1.807, 2.05) is 13.8 Å². The molecule has 1 aliphatic rings. The third kappa shape index (κ3) is 3.03. The van der Waals surface area contributed by atoms with Gasteiger partial charge in [-0.05, 0) is 40.8 Å². The number of phenols is 2. The number of hydrogen-bond donors (Lipinski definition) is 3. The highest BCUT2D eigenvalue weighted by Crippen LogP contribution is 2.34. The van der Waals surface area contributed by atoms with Crippen molar-refractivity contribution in [2.24, 2.45) is 0 Å². The normalized spacial score (nSPS) is 13.2. The van der Waals surface area contributed by atoms with E-state index in [0.29, 0.717) is 12.1 Å². The number of carbonyl (C=O) groups excluding carboxylic acids is 1. The Hall–Kier alpha value is -3.02. The predicted molar refractivity (Wildman–Crippen MR) is 90.8 cm³/mol. The Kier molecular flexibility index (Phi) is 4.12. The van der Waals surface area contributed by atoms with Crippen LogP contribution in [0, 0.1) is 0 Å². The summed E-state index contributed by atoms with van der Waals surface area (Å²) in [5.74, 6) is -1.67. The van der Waals surface area contributed by atoms with Crippen molar-refractivity contribution >= 4 is 11.9 Å². The molecular formula is C19H19NO5. The van der Waals surface area contributed by atoms with E-state index in [0.717, 1.165) is 11.1 Å². The molecule has 1 amide bonds. The number of aromatic carboxylic acids is 1. The minimum absolute atomic E-state index is 0.000972. The third-order valence-electron chi connectivity index (χ3n) is 4.46. The lowest BCUT2D eigenvalue weighted by Crippen LogP contribution is -2.25. The summed E-state index contributed by atoms with van der Waals surface area (Å²) in [5, 5.41) is 29.1. The van der Waals surface area contributed by atoms with E-state index >= 15 is 0 Å². The Labute approximate surface area is 145 Å². The highest BCUT2D eigenvalue weighted by Gasteiger charge is 2.27. The highest BCUT2D eigenvalue weighted by molar-refractivity contribution is 5.97. The molecule has 2 aromatic carbocycles. The third-order valence-corrected chi connectivity index (χ3v) is 4.46. The molecule has 130 valence electrons. The summed E-state index contributed by atoms with van der Waals surface area (Å²) in [7, 11) is 0. The van der Waals surface area contributed by atoms with Crippen molar-refractivity contribution in [3.63, 3.8) is 0 Å². The maximum Gasteiger partial charge on any atom is 0.335 e. The maximum atomic E-state index is 12.8. The monoisotopic (exact) mass is 341 g/mol. The quantitative estimate of drug-likeness (QED) is 0.797. The number of benzene rings is 2. The first-order chi connectivity index (χ1) is 11.8. The number of phenolic OH excluding ortho intramolecular Hbond substituents is 2. The van der Waals surface area contributed by atoms with Gasteiger partial charge in [-0.1, -0.05) is 19.9 Å². The van der Waals surface area contributed by atoms with Gasteiger partial charge in [0.25, 0.3) is 5.91 Å². The average molecular weight is 341 g/mol. The van der Waals surface area contributed by atoms with Crippen LogP contribution >= 0.6 is 0 Å². The van der Waals surface area contributed by atoms with Crippen LogP contribution in [0.25, 0.3) is 0 Å². The molecule has 0 aliphatic carbocycles. The fraction of sp³-hybridized carbons (Fsp3) is 0.263. The number of fused-ring (bicyclic) bond motifs is 1. The molecule has 0 saturated heterocycles. The van der Waals surface area contributed by atoms with Gasteiger partial charge in [-0.2, -0.15) is 0 Å². The fourth-order valence-corrected chi connectivity index (χ4v) is 3.07. The van der Waals surface area contributed by atoms with E-state index in [1.165, 1.54) is 18.2 Å². The van der Waals surface area contributed by atoms with Gasteiger partial charge in [-0.15, -0.1) is 0 Å². The highest BCUT2D eigenvalue weighted by atomic mass is 16.4. The van der Waals surface area contributed by atoms with Crippen molar-refractivity contribution in [2.45, 2.75) is 32.9 Å². The average Bonchev–Trinajstić information content (AvgIpc) is 2.96. The zero-order valence-electron chi connectivity index (χ0n) is 14.0. The molecule has 0 atom stereocenters. The summed E-state index contributed by atoms with van der Waals surface area (Å²) in [6.07, 6.45) is 0. The minimum Gasteiger partial charge on any atom is -0.508 e. The van der Waals surface area contributed by atoms with Gasteiger partial charge in [-0.3, -0.25) is 4.79 Å². The maximum absolute atomic E-state index is 12.8. The molecule has 25 heavy (non-hydrogen) atoms. The van der Waals surface area contributed by atoms with Crippen LogP contribution in [0.1, 0.15) is 57.2 Å². The van der Waals surface area contributed by atoms with Crippen LogP contribution in [0.3, 0.4) is 0 Å². The molecule has 1 aliphatic heterocycles. The number of carboxylic acid groups (broad SMARTS) is 1. The minimum atomic E-state index is -1.01. The van der Waals surface area contributed by atoms with Crippen molar-refractivity contribution in [1.29, 1.82) is 0 Å². The van der Waals surface area contributed by atoms with Gasteiger partial charge >= 0.3 is 5.97 Å². The Balaban J connectivity index is 1.90. The van der Waals surface area contributed by atoms with E-state index in [1.54, 1.807) is 17.0 Å². The first-order valence-corrected chi connectivity index (χ1v) is 7.98. The Morgan fingerprint density at radius 3 is 2.32 bits per heavy atom. The fourth-order valence-electron chi connectivity index (χ4n) is 3.07. The molecule has 0 fully saturated rings. The van der Waals surface area contributed by atoms with E-state index in [2.05, 4.69) is 0 Å². The number of amides is 1. The van der Waals surface area contributed by atoms with Gasteiger partial charge in [0, 0.05) is 19.2 Å². The number of carboxylic acids is 1. The zero-order valence-corrected chi connectivity index (χ0v) is 14.0. The molecule has 1 heterocycles. The van der Waals surface area contributed by atoms with Gasteiger partial charge in [0.15, 0.2) is 0 Å². The molecule has 0 spiro atoms. The molecule has 0 unspecified atom stereocenters. The Morgan fingerprint density at radius 1 is 1.00 bits per heavy atom. The first-order valence-electron chi connectivity index (χ1n) is 7.98. The second-order valence-electron chi connectivity index (χ2n) is 6.53. The molecule has 3 rings (SSSR count). The summed E-state index contributed by atoms with van der Waals surface area (Å²) in [6, 6.07) is 7.51. The van der Waals surface area contributed by atoms with Crippen molar-refractivity contribution in [3.05, 3.63) is 58.1 Å². The topological polar surface area (TPSA) is 98.1 Å². The lowest BCUT2D eigenvalue weighted by molar-refractivity contribution is 0.0696. The van der Waals surface area contributed by atoms with Gasteiger partial charge in [-0.25, -0.2) is 4.79 Å². The first kappa shape index (κ1) is 16.8. The van der Waals surface area contributed by atoms with Gasteiger partial charge in [0.05, 0.1) is 11.1 Å². The number of carbonyl (C=O) groups is 2. The summed E-state index contributed by atoms with van der Waals surface area (Å²) >= 11 is 0. The smallest absolute Gasteiger partial charge is 0.335 e. The lowest BCUT2D eigenvalue weighted by atomic mass is 9.98. The molecule has 0 bridgehead atoms. The van der Waals surface area contributed by atoms with Crippen molar-refractivity contribution in [3.8, 4) is 11.5 Å². The SMILES string of the molecule is CC(C)c1cc(C(=O)N2Cc3ccc(C(=O)O)cc3C2)c(O)cc1O. The van der Waals surface area contributed by atoms with Crippen molar-refractivity contribution < 1.29 is 24.9 Å². The number of nitrogens with zero attached hydrogens (tertiary/aromatic N) is 1. The summed E-state index contributed by atoms with van der Waals surface area (Å²) in [5.41, 5.74) is 2.58. The molecule has 0 radical (unpaired) electrons. The second kappa shape index (κ2) is 6.12. The molecule has 6 heteroatoms. The zero-order chi connectivity index (χ0) is 18.3. The number of aromatic hydroxyl groups is 2. The van der Waals surface area contributed by atoms with Gasteiger partial charge < -0.3 is 20.2 Å². The van der Waals surface area contributed by atoms with Crippen LogP contribution in [-0.2, 0) is 13.1 Å². The van der Waals surface area contributed by atoms with Crippen LogP contribution in [0.15, 0.2) is 30.3 Å². The summed E-state index contributed by atoms with van der Waals surface area (Å²) in [6.45, 7) is 4.41. The van der Waals surface area contributed by atoms with E-state index < -0.39 is 5.97 Å². The van der Waals surface area contributed by atoms with Crippen molar-refractivity contribution in [2.75, 3.05) is 0 Å². The Bertz CT molecular complexity index is 872. The second-order valence-corrected chi connectivity index (χ2v) is 6.53. The van der Waals surface area contributed by atoms with E-state index in [9.17, 15) is 19.8 Å². The summed E-state index contributed by atoms with van der Waals surface area (Å²) < 4.78 is 0. The largest absolute Gasteiger partial charge is 0.508 e. The molecular weight excluding hydrogens is 322 g/mol. The standard InChI is InChI=1S/C19H19NO5/c1-10(2)14-6-15(17(22)7-16(14)21)18(23)20-8-12-4-3-11(19(24)25)5-13(12)9-20/h3-7,10,21-22H,8-9H2,1-2H3,(H,24,25). The van der Waals surface area contributed by atoms with Crippen LogP contribution in [0.2, 0.25) is 0 Å². The van der Waals surface area contributed by atoms with Crippen molar-refractivity contribution in [1.82, 2.24) is 4.90 Å². The molecule has 2 aromatic rings. The summed E-state index contributed by atoms with van der Waals surface area (Å²) in [4.78, 5) is 25.4. The molecule has 3 N–H and O–H groups in total. The number of hydrogen-bond acceptors (Lipinski definition) is 4. The van der Waals surface area contributed by atoms with Crippen LogP contribution in [0.5, 0.6) is 11.5 Å². The molecule has 0 saturated carbocycles. The van der Waals surface area contributed by atoms with Gasteiger partial charge in [0.2, 0.25) is 0 Å². The lowest BCUT2D eigenvalue weighted by Gasteiger charge is -2.18. The van der Waals surface area contributed by atoms with E-state index in [-0.39, 0.29) is 41.0 Å². The van der Waals surface area contributed by atoms with Crippen LogP contribution < -0.4 is 0 Å². The van der Waals surface area contributed by atoms with Crippen LogP contribution in [0.4, 0.5) is 0 Å². The predicted octanol–water partition coefficient (Wildman–Crippen LogP) is 3.08. The molecule has 6 nitrogen and oxygen atoms in total. The van der Waals surface area contributed by atoms with Crippen LogP contribution in [-0.4, -0.2) is 32.1 Å². The molecule has 0 aromatic heterocycles.